The van der Waals surface area contributed by atoms with Gasteiger partial charge in [-0.15, -0.1) is 0 Å². The smallest absolute Gasteiger partial charge is 0.162 e. The Bertz CT molecular complexity index is 426. The molecule has 0 fully saturated rings. The summed E-state index contributed by atoms with van der Waals surface area (Å²) in [6.45, 7) is 0.504. The van der Waals surface area contributed by atoms with Gasteiger partial charge in [0.2, 0.25) is 0 Å². The predicted molar refractivity (Wildman–Crippen MR) is 52.2 cm³/mol. The average molecular weight is 238 g/mol. The molecule has 1 rings (SSSR count). The van der Waals surface area contributed by atoms with Gasteiger partial charge in [0, 0.05) is 0 Å². The van der Waals surface area contributed by atoms with Gasteiger partial charge in [0.1, 0.15) is 13.2 Å². The SMILES string of the molecule is Cc1ccc(OCC(=O)[O-])c(OCC(=O)[O-])c1. The molecule has 1 aromatic carbocycles. The molecule has 6 heteroatoms. The van der Waals surface area contributed by atoms with Crippen molar-refractivity contribution in [1.82, 2.24) is 0 Å². The second-order valence-electron chi connectivity index (χ2n) is 3.27. The largest absolute Gasteiger partial charge is 0.546 e. The van der Waals surface area contributed by atoms with Gasteiger partial charge in [-0.2, -0.15) is 0 Å². The van der Waals surface area contributed by atoms with Gasteiger partial charge < -0.3 is 29.3 Å². The zero-order valence-electron chi connectivity index (χ0n) is 9.10. The van der Waals surface area contributed by atoms with E-state index in [0.717, 1.165) is 5.56 Å². The number of ether oxygens (including phenoxy) is 2. The number of carbonyl (C=O) groups is 2. The van der Waals surface area contributed by atoms with Crippen molar-refractivity contribution in [1.29, 1.82) is 0 Å². The molecule has 0 saturated carbocycles. The van der Waals surface area contributed by atoms with Crippen LogP contribution in [0.4, 0.5) is 0 Å². The van der Waals surface area contributed by atoms with Crippen molar-refractivity contribution < 1.29 is 29.3 Å². The quantitative estimate of drug-likeness (QED) is 0.583. The van der Waals surface area contributed by atoms with E-state index >= 15 is 0 Å². The summed E-state index contributed by atoms with van der Waals surface area (Å²) in [6.07, 6.45) is 0. The van der Waals surface area contributed by atoms with Crippen molar-refractivity contribution in [3.05, 3.63) is 23.8 Å². The van der Waals surface area contributed by atoms with Crippen LogP contribution in [0.2, 0.25) is 0 Å². The fourth-order valence-electron chi connectivity index (χ4n) is 1.12. The van der Waals surface area contributed by atoms with Gasteiger partial charge in [-0.25, -0.2) is 0 Å². The van der Waals surface area contributed by atoms with Crippen molar-refractivity contribution in [2.75, 3.05) is 13.2 Å². The minimum Gasteiger partial charge on any atom is -0.546 e. The maximum Gasteiger partial charge on any atom is 0.162 e. The highest BCUT2D eigenvalue weighted by atomic mass is 16.5. The first-order valence-electron chi connectivity index (χ1n) is 4.75. The van der Waals surface area contributed by atoms with Gasteiger partial charge >= 0.3 is 0 Å². The number of hydrogen-bond donors (Lipinski definition) is 0. The summed E-state index contributed by atoms with van der Waals surface area (Å²) in [5, 5.41) is 20.5. The van der Waals surface area contributed by atoms with Gasteiger partial charge in [0.25, 0.3) is 0 Å². The molecule has 1 aromatic rings. The van der Waals surface area contributed by atoms with Crippen LogP contribution in [-0.4, -0.2) is 25.2 Å². The van der Waals surface area contributed by atoms with E-state index in [1.54, 1.807) is 13.0 Å². The van der Waals surface area contributed by atoms with Crippen LogP contribution in [0.3, 0.4) is 0 Å². The zero-order valence-corrected chi connectivity index (χ0v) is 9.10. The second-order valence-corrected chi connectivity index (χ2v) is 3.27. The van der Waals surface area contributed by atoms with Crippen molar-refractivity contribution in [2.45, 2.75) is 6.92 Å². The second kappa shape index (κ2) is 5.74. The lowest BCUT2D eigenvalue weighted by Crippen LogP contribution is -2.30. The number of aliphatic carboxylic acids is 2. The lowest BCUT2D eigenvalue weighted by atomic mass is 10.2. The molecule has 0 unspecified atom stereocenters. The molecule has 0 aliphatic heterocycles. The van der Waals surface area contributed by atoms with Crippen LogP contribution in [0.5, 0.6) is 11.5 Å². The number of carboxylic acids is 2. The van der Waals surface area contributed by atoms with E-state index in [4.69, 9.17) is 9.47 Å². The number of hydrogen-bond acceptors (Lipinski definition) is 6. The highest BCUT2D eigenvalue weighted by Gasteiger charge is 2.05. The minimum atomic E-state index is -1.38. The molecule has 0 aromatic heterocycles. The first-order valence-corrected chi connectivity index (χ1v) is 4.75. The highest BCUT2D eigenvalue weighted by molar-refractivity contribution is 5.67. The van der Waals surface area contributed by atoms with E-state index in [1.807, 2.05) is 0 Å². The molecule has 0 spiro atoms. The van der Waals surface area contributed by atoms with Crippen molar-refractivity contribution in [3.8, 4) is 11.5 Å². The predicted octanol–water partition coefficient (Wildman–Crippen LogP) is -1.75. The normalized spacial score (nSPS) is 9.71. The first-order chi connectivity index (χ1) is 7.99. The maximum absolute atomic E-state index is 10.3. The summed E-state index contributed by atoms with van der Waals surface area (Å²) in [6, 6.07) is 4.70. The molecule has 0 atom stereocenters. The molecule has 92 valence electrons. The molecular weight excluding hydrogens is 228 g/mol. The standard InChI is InChI=1S/C11H12O6/c1-7-2-3-8(16-5-10(12)13)9(4-7)17-6-11(14)15/h2-4H,5-6H2,1H3,(H,12,13)(H,14,15)/p-2. The summed E-state index contributed by atoms with van der Waals surface area (Å²) < 4.78 is 9.80. The summed E-state index contributed by atoms with van der Waals surface area (Å²) in [5.41, 5.74) is 0.819. The molecule has 6 nitrogen and oxygen atoms in total. The maximum atomic E-state index is 10.3. The van der Waals surface area contributed by atoms with E-state index in [-0.39, 0.29) is 11.5 Å². The van der Waals surface area contributed by atoms with Gasteiger partial charge in [-0.05, 0) is 24.6 Å². The van der Waals surface area contributed by atoms with Crippen molar-refractivity contribution in [2.24, 2.45) is 0 Å². The molecule has 0 aliphatic carbocycles. The van der Waals surface area contributed by atoms with E-state index < -0.39 is 25.2 Å². The van der Waals surface area contributed by atoms with Crippen molar-refractivity contribution in [3.63, 3.8) is 0 Å². The van der Waals surface area contributed by atoms with Crippen molar-refractivity contribution >= 4 is 11.9 Å². The molecular formula is C11H10O6-2. The molecule has 0 N–H and O–H groups in total. The number of rotatable bonds is 6. The van der Waals surface area contributed by atoms with E-state index in [1.165, 1.54) is 12.1 Å². The Morgan fingerprint density at radius 1 is 1.06 bits per heavy atom. The molecule has 0 bridgehead atoms. The lowest BCUT2D eigenvalue weighted by Gasteiger charge is -2.14. The summed E-state index contributed by atoms with van der Waals surface area (Å²) in [7, 11) is 0. The third kappa shape index (κ3) is 4.42. The lowest BCUT2D eigenvalue weighted by molar-refractivity contribution is -0.309. The summed E-state index contributed by atoms with van der Waals surface area (Å²) in [4.78, 5) is 20.5. The fraction of sp³-hybridized carbons (Fsp3) is 0.273. The van der Waals surface area contributed by atoms with E-state index in [9.17, 15) is 19.8 Å². The Morgan fingerprint density at radius 3 is 2.12 bits per heavy atom. The Morgan fingerprint density at radius 2 is 1.59 bits per heavy atom. The monoisotopic (exact) mass is 238 g/mol. The van der Waals surface area contributed by atoms with Crippen LogP contribution in [0.15, 0.2) is 18.2 Å². The van der Waals surface area contributed by atoms with Crippen LogP contribution in [0, 0.1) is 6.92 Å². The molecule has 0 amide bonds. The van der Waals surface area contributed by atoms with Gasteiger partial charge in [-0.1, -0.05) is 6.07 Å². The molecule has 0 heterocycles. The first kappa shape index (κ1) is 12.8. The Balaban J connectivity index is 2.79. The van der Waals surface area contributed by atoms with Crippen LogP contribution in [0.1, 0.15) is 5.56 Å². The van der Waals surface area contributed by atoms with E-state index in [2.05, 4.69) is 0 Å². The fourth-order valence-corrected chi connectivity index (χ4v) is 1.12. The van der Waals surface area contributed by atoms with E-state index in [0.29, 0.717) is 0 Å². The van der Waals surface area contributed by atoms with Crippen LogP contribution < -0.4 is 19.7 Å². The highest BCUT2D eigenvalue weighted by Crippen LogP contribution is 2.28. The number of carbonyl (C=O) groups excluding carboxylic acids is 2. The van der Waals surface area contributed by atoms with Gasteiger partial charge in [0.05, 0.1) is 11.9 Å². The zero-order chi connectivity index (χ0) is 12.8. The number of carboxylic acid groups (broad SMARTS) is 2. The Kier molecular flexibility index (Phi) is 4.33. The van der Waals surface area contributed by atoms with Crippen LogP contribution in [-0.2, 0) is 9.59 Å². The van der Waals surface area contributed by atoms with Crippen LogP contribution in [0.25, 0.3) is 0 Å². The number of aryl methyl sites for hydroxylation is 1. The Labute approximate surface area is 97.4 Å². The topological polar surface area (TPSA) is 98.7 Å². The summed E-state index contributed by atoms with van der Waals surface area (Å²) in [5.74, 6) is -2.47. The van der Waals surface area contributed by atoms with Crippen LogP contribution >= 0.6 is 0 Å². The minimum absolute atomic E-state index is 0.140. The Hall–Kier alpha value is -2.24. The molecule has 0 aliphatic rings. The van der Waals surface area contributed by atoms with Gasteiger partial charge in [0.15, 0.2) is 11.5 Å². The summed E-state index contributed by atoms with van der Waals surface area (Å²) >= 11 is 0. The third-order valence-electron chi connectivity index (χ3n) is 1.79. The third-order valence-corrected chi connectivity index (χ3v) is 1.79. The molecule has 17 heavy (non-hydrogen) atoms. The molecule has 0 saturated heterocycles. The average Bonchev–Trinajstić information content (AvgIpc) is 2.24. The molecule has 0 radical (unpaired) electrons. The number of benzene rings is 1. The van der Waals surface area contributed by atoms with Gasteiger partial charge in [-0.3, -0.25) is 0 Å².